The molecule has 0 saturated heterocycles. The number of rotatable bonds is 4. The molecule has 1 fully saturated rings. The van der Waals surface area contributed by atoms with Gasteiger partial charge in [-0.15, -0.1) is 0 Å². The lowest BCUT2D eigenvalue weighted by atomic mass is 9.95. The van der Waals surface area contributed by atoms with Crippen molar-refractivity contribution in [2.24, 2.45) is 0 Å². The number of hydrogen-bond acceptors (Lipinski definition) is 2. The molecule has 0 spiro atoms. The number of nitrogens with one attached hydrogen (secondary N) is 1. The first-order valence-electron chi connectivity index (χ1n) is 7.74. The van der Waals surface area contributed by atoms with Crippen molar-refractivity contribution in [3.8, 4) is 6.07 Å². The first-order valence-corrected chi connectivity index (χ1v) is 7.74. The van der Waals surface area contributed by atoms with Gasteiger partial charge in [0.05, 0.1) is 0 Å². The van der Waals surface area contributed by atoms with Gasteiger partial charge in [0.1, 0.15) is 11.6 Å². The van der Waals surface area contributed by atoms with Crippen molar-refractivity contribution in [3.63, 3.8) is 0 Å². The minimum absolute atomic E-state index is 0.185. The molecule has 3 heteroatoms. The fraction of sp³-hybridized carbons (Fsp3) is 0.444. The van der Waals surface area contributed by atoms with Gasteiger partial charge < -0.3 is 5.32 Å². The van der Waals surface area contributed by atoms with Gasteiger partial charge in [-0.2, -0.15) is 5.26 Å². The maximum atomic E-state index is 12.2. The normalized spacial score (nSPS) is 16.3. The van der Waals surface area contributed by atoms with E-state index in [0.29, 0.717) is 0 Å². The third kappa shape index (κ3) is 4.46. The summed E-state index contributed by atoms with van der Waals surface area (Å²) in [4.78, 5) is 12.2. The molecule has 1 aliphatic rings. The van der Waals surface area contributed by atoms with Crippen LogP contribution in [0.4, 0.5) is 0 Å². The second kappa shape index (κ2) is 7.64. The second-order valence-corrected chi connectivity index (χ2v) is 5.57. The largest absolute Gasteiger partial charge is 0.349 e. The van der Waals surface area contributed by atoms with E-state index in [1.54, 1.807) is 6.08 Å². The van der Waals surface area contributed by atoms with Gasteiger partial charge in [-0.25, -0.2) is 0 Å². The number of benzene rings is 1. The summed E-state index contributed by atoms with van der Waals surface area (Å²) in [6.45, 7) is 2.10. The average molecular weight is 282 g/mol. The van der Waals surface area contributed by atoms with Crippen molar-refractivity contribution in [2.75, 3.05) is 0 Å². The smallest absolute Gasteiger partial charge is 0.262 e. The Morgan fingerprint density at radius 1 is 1.29 bits per heavy atom. The first-order chi connectivity index (χ1) is 10.2. The molecule has 0 radical (unpaired) electrons. The quantitative estimate of drug-likeness (QED) is 0.677. The summed E-state index contributed by atoms with van der Waals surface area (Å²) in [6.07, 6.45) is 8.27. The third-order valence-corrected chi connectivity index (χ3v) is 4.00. The molecule has 0 aliphatic heterocycles. The van der Waals surface area contributed by atoms with E-state index in [1.807, 2.05) is 30.3 Å². The van der Waals surface area contributed by atoms with Crippen molar-refractivity contribution < 1.29 is 4.79 Å². The number of carbonyl (C=O) groups is 1. The predicted molar refractivity (Wildman–Crippen MR) is 84.4 cm³/mol. The Balaban J connectivity index is 2.04. The van der Waals surface area contributed by atoms with Gasteiger partial charge in [0.15, 0.2) is 0 Å². The molecule has 0 aromatic heterocycles. The van der Waals surface area contributed by atoms with Crippen molar-refractivity contribution in [1.82, 2.24) is 5.32 Å². The molecule has 1 saturated carbocycles. The number of amides is 1. The van der Waals surface area contributed by atoms with Crippen molar-refractivity contribution in [3.05, 3.63) is 41.0 Å². The van der Waals surface area contributed by atoms with E-state index in [0.717, 1.165) is 37.7 Å². The SMILES string of the molecule is CCc1ccc(C=C(C#N)C(=O)NC2CCCCC2)cc1. The molecule has 1 N–H and O–H groups in total. The lowest BCUT2D eigenvalue weighted by Crippen LogP contribution is -2.36. The molecule has 0 bridgehead atoms. The summed E-state index contributed by atoms with van der Waals surface area (Å²) in [6, 6.07) is 10.2. The van der Waals surface area contributed by atoms with E-state index in [2.05, 4.69) is 12.2 Å². The minimum Gasteiger partial charge on any atom is -0.349 e. The van der Waals surface area contributed by atoms with Crippen LogP contribution in [0.3, 0.4) is 0 Å². The van der Waals surface area contributed by atoms with Crippen molar-refractivity contribution in [1.29, 1.82) is 5.26 Å². The average Bonchev–Trinajstić information content (AvgIpc) is 2.54. The number of carbonyl (C=O) groups excluding carboxylic acids is 1. The van der Waals surface area contributed by atoms with Gasteiger partial charge in [0.2, 0.25) is 0 Å². The highest BCUT2D eigenvalue weighted by Gasteiger charge is 2.17. The van der Waals surface area contributed by atoms with Gasteiger partial charge in [0, 0.05) is 6.04 Å². The van der Waals surface area contributed by atoms with Crippen molar-refractivity contribution >= 4 is 12.0 Å². The van der Waals surface area contributed by atoms with Gasteiger partial charge in [-0.3, -0.25) is 4.79 Å². The first kappa shape index (κ1) is 15.3. The second-order valence-electron chi connectivity index (χ2n) is 5.57. The van der Waals surface area contributed by atoms with Gasteiger partial charge in [0.25, 0.3) is 5.91 Å². The standard InChI is InChI=1S/C18H22N2O/c1-2-14-8-10-15(11-9-14)12-16(13-19)18(21)20-17-6-4-3-5-7-17/h8-12,17H,2-7H2,1H3,(H,20,21). The zero-order chi connectivity index (χ0) is 15.1. The van der Waals surface area contributed by atoms with Gasteiger partial charge >= 0.3 is 0 Å². The maximum Gasteiger partial charge on any atom is 0.262 e. The third-order valence-electron chi connectivity index (χ3n) is 4.00. The molecular formula is C18H22N2O. The molecule has 3 nitrogen and oxygen atoms in total. The van der Waals surface area contributed by atoms with Crippen LogP contribution >= 0.6 is 0 Å². The van der Waals surface area contributed by atoms with Gasteiger partial charge in [-0.1, -0.05) is 50.5 Å². The van der Waals surface area contributed by atoms with Crippen molar-refractivity contribution in [2.45, 2.75) is 51.5 Å². The highest BCUT2D eigenvalue weighted by molar-refractivity contribution is 6.01. The summed E-state index contributed by atoms with van der Waals surface area (Å²) < 4.78 is 0. The molecule has 0 heterocycles. The highest BCUT2D eigenvalue weighted by atomic mass is 16.1. The molecule has 1 aliphatic carbocycles. The molecule has 1 amide bonds. The fourth-order valence-electron chi connectivity index (χ4n) is 2.67. The Hall–Kier alpha value is -2.08. The van der Waals surface area contributed by atoms with E-state index in [4.69, 9.17) is 0 Å². The number of nitriles is 1. The predicted octanol–water partition coefficient (Wildman–Crippen LogP) is 3.60. The molecule has 2 rings (SSSR count). The van der Waals surface area contributed by atoms with Crippen LogP contribution in [-0.4, -0.2) is 11.9 Å². The van der Waals surface area contributed by atoms with E-state index in [9.17, 15) is 10.1 Å². The van der Waals surface area contributed by atoms with Crippen LogP contribution in [0.5, 0.6) is 0 Å². The van der Waals surface area contributed by atoms with E-state index < -0.39 is 0 Å². The topological polar surface area (TPSA) is 52.9 Å². The lowest BCUT2D eigenvalue weighted by Gasteiger charge is -2.22. The maximum absolute atomic E-state index is 12.2. The highest BCUT2D eigenvalue weighted by Crippen LogP contribution is 2.18. The zero-order valence-electron chi connectivity index (χ0n) is 12.6. The number of hydrogen-bond donors (Lipinski definition) is 1. The van der Waals surface area contributed by atoms with Crippen LogP contribution in [0.1, 0.15) is 50.2 Å². The Labute approximate surface area is 126 Å². The molecule has 21 heavy (non-hydrogen) atoms. The van der Waals surface area contributed by atoms with Crippen LogP contribution in [0, 0.1) is 11.3 Å². The van der Waals surface area contributed by atoms with E-state index in [-0.39, 0.29) is 17.5 Å². The number of aryl methyl sites for hydroxylation is 1. The Kier molecular flexibility index (Phi) is 5.57. The van der Waals surface area contributed by atoms with Gasteiger partial charge in [-0.05, 0) is 36.5 Å². The Morgan fingerprint density at radius 3 is 2.52 bits per heavy atom. The van der Waals surface area contributed by atoms with Crippen LogP contribution in [0.2, 0.25) is 0 Å². The molecular weight excluding hydrogens is 260 g/mol. The zero-order valence-corrected chi connectivity index (χ0v) is 12.6. The molecule has 1 aromatic carbocycles. The summed E-state index contributed by atoms with van der Waals surface area (Å²) in [5.41, 5.74) is 2.32. The van der Waals surface area contributed by atoms with Crippen LogP contribution in [-0.2, 0) is 11.2 Å². The molecule has 0 unspecified atom stereocenters. The van der Waals surface area contributed by atoms with Crippen LogP contribution in [0.25, 0.3) is 6.08 Å². The summed E-state index contributed by atoms with van der Waals surface area (Å²) in [5, 5.41) is 12.2. The van der Waals surface area contributed by atoms with Crippen LogP contribution < -0.4 is 5.32 Å². The number of nitrogens with zero attached hydrogens (tertiary/aromatic N) is 1. The summed E-state index contributed by atoms with van der Waals surface area (Å²) >= 11 is 0. The fourth-order valence-corrected chi connectivity index (χ4v) is 2.67. The molecule has 1 aromatic rings. The van der Waals surface area contributed by atoms with E-state index >= 15 is 0 Å². The molecule has 0 atom stereocenters. The Bertz CT molecular complexity index is 546. The minimum atomic E-state index is -0.246. The molecule has 110 valence electrons. The van der Waals surface area contributed by atoms with Crippen LogP contribution in [0.15, 0.2) is 29.8 Å². The summed E-state index contributed by atoms with van der Waals surface area (Å²) in [7, 11) is 0. The summed E-state index contributed by atoms with van der Waals surface area (Å²) in [5.74, 6) is -0.246. The monoisotopic (exact) mass is 282 g/mol. The Morgan fingerprint density at radius 2 is 1.95 bits per heavy atom. The lowest BCUT2D eigenvalue weighted by molar-refractivity contribution is -0.117. The van der Waals surface area contributed by atoms with E-state index in [1.165, 1.54) is 12.0 Å².